The molecule has 0 bridgehead atoms. The summed E-state index contributed by atoms with van der Waals surface area (Å²) >= 11 is 0. The monoisotopic (exact) mass is 473 g/mol. The Morgan fingerprint density at radius 2 is 2.03 bits per heavy atom. The highest BCUT2D eigenvalue weighted by atomic mass is 32.2. The van der Waals surface area contributed by atoms with Gasteiger partial charge in [-0.3, -0.25) is 4.79 Å². The van der Waals surface area contributed by atoms with Gasteiger partial charge in [-0.25, -0.2) is 14.7 Å². The number of hydrogen-bond acceptors (Lipinski definition) is 8. The summed E-state index contributed by atoms with van der Waals surface area (Å²) in [6.07, 6.45) is 1.93. The van der Waals surface area contributed by atoms with Crippen LogP contribution >= 0.6 is 0 Å². The van der Waals surface area contributed by atoms with Crippen molar-refractivity contribution in [2.75, 3.05) is 30.9 Å². The average Bonchev–Trinajstić information content (AvgIpc) is 3.44. The third-order valence-electron chi connectivity index (χ3n) is 6.40. The normalized spacial score (nSPS) is 24.0. The van der Waals surface area contributed by atoms with Gasteiger partial charge >= 0.3 is 0 Å². The molecule has 0 spiro atoms. The zero-order chi connectivity index (χ0) is 24.0. The maximum Gasteiger partial charge on any atom is 0.281 e. The van der Waals surface area contributed by atoms with Crippen LogP contribution in [0.4, 0.5) is 11.6 Å². The van der Waals surface area contributed by atoms with E-state index in [1.165, 1.54) is 18.2 Å². The molecule has 2 aliphatic rings. The molecule has 0 radical (unpaired) electrons. The minimum absolute atomic E-state index is 0.0554. The van der Waals surface area contributed by atoms with Gasteiger partial charge in [-0.15, -0.1) is 0 Å². The first-order valence-electron chi connectivity index (χ1n) is 11.1. The van der Waals surface area contributed by atoms with Crippen molar-refractivity contribution in [2.45, 2.75) is 50.1 Å². The van der Waals surface area contributed by atoms with Crippen LogP contribution < -0.4 is 15.4 Å². The van der Waals surface area contributed by atoms with Crippen molar-refractivity contribution in [2.24, 2.45) is 11.8 Å². The van der Waals surface area contributed by atoms with E-state index in [0.29, 0.717) is 24.3 Å². The van der Waals surface area contributed by atoms with Crippen molar-refractivity contribution in [1.29, 1.82) is 0 Å². The maximum absolute atomic E-state index is 13.2. The molecule has 1 saturated heterocycles. The Bertz CT molecular complexity index is 1170. The van der Waals surface area contributed by atoms with Gasteiger partial charge in [-0.05, 0) is 62.8 Å². The van der Waals surface area contributed by atoms with Gasteiger partial charge < -0.3 is 15.4 Å². The molecule has 33 heavy (non-hydrogen) atoms. The second-order valence-electron chi connectivity index (χ2n) is 9.73. The summed E-state index contributed by atoms with van der Waals surface area (Å²) in [5.74, 6) is 0.939. The van der Waals surface area contributed by atoms with E-state index >= 15 is 0 Å². The topological polar surface area (TPSA) is 128 Å². The van der Waals surface area contributed by atoms with Gasteiger partial charge in [-0.2, -0.15) is 8.42 Å². The number of nitrogen functional groups attached to an aromatic ring is 1. The summed E-state index contributed by atoms with van der Waals surface area (Å²) in [6, 6.07) is 7.74. The molecule has 1 amide bonds. The maximum atomic E-state index is 13.2. The van der Waals surface area contributed by atoms with Crippen LogP contribution in [0.5, 0.6) is 0 Å². The third kappa shape index (κ3) is 4.81. The van der Waals surface area contributed by atoms with Crippen LogP contribution in [0.3, 0.4) is 0 Å². The SMILES string of the molecule is COC[C@@H]1C[C@H]1c1ccc(C(=O)NS(=O)(=O)c2cccc(N)n2)c(N2C[C@@H](C)CC2(C)C)n1. The number of hydrogen-bond donors (Lipinski definition) is 2. The lowest BCUT2D eigenvalue weighted by atomic mass is 9.97. The molecule has 3 atom stereocenters. The average molecular weight is 474 g/mol. The molecule has 1 saturated carbocycles. The minimum Gasteiger partial charge on any atom is -0.384 e. The van der Waals surface area contributed by atoms with Crippen LogP contribution in [0.1, 0.15) is 55.6 Å². The molecule has 0 unspecified atom stereocenters. The van der Waals surface area contributed by atoms with Crippen molar-refractivity contribution >= 4 is 27.6 Å². The van der Waals surface area contributed by atoms with E-state index in [2.05, 4.69) is 35.4 Å². The summed E-state index contributed by atoms with van der Waals surface area (Å²) in [5.41, 5.74) is 6.52. The molecule has 2 fully saturated rings. The molecule has 3 N–H and O–H groups in total. The van der Waals surface area contributed by atoms with Gasteiger partial charge in [0.05, 0.1) is 5.56 Å². The number of carbonyl (C=O) groups excluding carboxylic acids is 1. The van der Waals surface area contributed by atoms with E-state index < -0.39 is 15.9 Å². The number of anilines is 2. The Balaban J connectivity index is 1.69. The number of pyridine rings is 2. The van der Waals surface area contributed by atoms with Crippen LogP contribution in [0.25, 0.3) is 0 Å². The van der Waals surface area contributed by atoms with Crippen molar-refractivity contribution in [1.82, 2.24) is 14.7 Å². The second kappa shape index (κ2) is 8.57. The number of aromatic nitrogens is 2. The van der Waals surface area contributed by atoms with E-state index in [0.717, 1.165) is 25.1 Å². The Labute approximate surface area is 194 Å². The molecule has 4 rings (SSSR count). The first-order valence-corrected chi connectivity index (χ1v) is 12.6. The standard InChI is InChI=1S/C23H31N5O4S/c1-14-11-23(2,3)28(12-14)21-16(8-9-18(25-21)17-10-15(17)13-32-4)22(29)27-33(30,31)20-7-5-6-19(24)26-20/h5-9,14-15,17H,10-13H2,1-4H3,(H2,24,26)(H,27,29)/t14-,15-,17+/m0/s1. The summed E-state index contributed by atoms with van der Waals surface area (Å²) < 4.78 is 33.0. The summed E-state index contributed by atoms with van der Waals surface area (Å²) in [6.45, 7) is 7.80. The molecule has 2 aromatic rings. The van der Waals surface area contributed by atoms with Gasteiger partial charge in [0.2, 0.25) is 0 Å². The number of rotatable bonds is 7. The predicted octanol–water partition coefficient (Wildman–Crippen LogP) is 2.55. The fourth-order valence-corrected chi connectivity index (χ4v) is 5.77. The molecule has 1 aliphatic heterocycles. The van der Waals surface area contributed by atoms with Gasteiger partial charge in [0.25, 0.3) is 15.9 Å². The highest BCUT2D eigenvalue weighted by molar-refractivity contribution is 7.90. The summed E-state index contributed by atoms with van der Waals surface area (Å²) in [7, 11) is -2.51. The first-order chi connectivity index (χ1) is 15.5. The summed E-state index contributed by atoms with van der Waals surface area (Å²) in [4.78, 5) is 24.1. The number of methoxy groups -OCH3 is 1. The number of nitrogens with zero attached hydrogens (tertiary/aromatic N) is 3. The lowest BCUT2D eigenvalue weighted by Crippen LogP contribution is -2.41. The second-order valence-corrected chi connectivity index (χ2v) is 11.4. The van der Waals surface area contributed by atoms with Gasteiger partial charge in [0.15, 0.2) is 5.03 Å². The van der Waals surface area contributed by atoms with E-state index in [9.17, 15) is 13.2 Å². The van der Waals surface area contributed by atoms with Gasteiger partial charge in [-0.1, -0.05) is 13.0 Å². The highest BCUT2D eigenvalue weighted by Crippen LogP contribution is 2.48. The molecule has 2 aromatic heterocycles. The fourth-order valence-electron chi connectivity index (χ4n) is 4.83. The Hall–Kier alpha value is -2.72. The third-order valence-corrected chi connectivity index (χ3v) is 7.63. The van der Waals surface area contributed by atoms with Crippen molar-refractivity contribution in [3.63, 3.8) is 0 Å². The number of carbonyl (C=O) groups is 1. The molecule has 3 heterocycles. The number of sulfonamides is 1. The number of ether oxygens (including phenoxy) is 1. The van der Waals surface area contributed by atoms with Crippen LogP contribution in [-0.2, 0) is 14.8 Å². The molecule has 178 valence electrons. The van der Waals surface area contributed by atoms with Crippen molar-refractivity contribution in [3.05, 3.63) is 41.6 Å². The smallest absolute Gasteiger partial charge is 0.281 e. The van der Waals surface area contributed by atoms with Crippen LogP contribution in [0.2, 0.25) is 0 Å². The fraction of sp³-hybridized carbons (Fsp3) is 0.522. The number of nitrogens with two attached hydrogens (primary N) is 1. The van der Waals surface area contributed by atoms with E-state index in [-0.39, 0.29) is 27.9 Å². The molecule has 1 aliphatic carbocycles. The van der Waals surface area contributed by atoms with E-state index in [1.54, 1.807) is 13.2 Å². The molecule has 0 aromatic carbocycles. The Morgan fingerprint density at radius 1 is 1.27 bits per heavy atom. The number of amides is 1. The molecular weight excluding hydrogens is 442 g/mol. The molecule has 9 nitrogen and oxygen atoms in total. The van der Waals surface area contributed by atoms with Crippen LogP contribution in [-0.4, -0.2) is 50.1 Å². The zero-order valence-electron chi connectivity index (χ0n) is 19.4. The van der Waals surface area contributed by atoms with E-state index in [4.69, 9.17) is 15.5 Å². The van der Waals surface area contributed by atoms with Crippen molar-refractivity contribution < 1.29 is 17.9 Å². The van der Waals surface area contributed by atoms with Crippen LogP contribution in [0, 0.1) is 11.8 Å². The Morgan fingerprint density at radius 3 is 2.67 bits per heavy atom. The predicted molar refractivity (Wildman–Crippen MR) is 125 cm³/mol. The van der Waals surface area contributed by atoms with Crippen LogP contribution in [0.15, 0.2) is 35.4 Å². The summed E-state index contributed by atoms with van der Waals surface area (Å²) in [5, 5.41) is -0.308. The number of nitrogens with one attached hydrogen (secondary N) is 1. The van der Waals surface area contributed by atoms with Gasteiger partial charge in [0, 0.05) is 37.4 Å². The first kappa shape index (κ1) is 23.4. The van der Waals surface area contributed by atoms with Gasteiger partial charge in [0.1, 0.15) is 11.6 Å². The molecular formula is C23H31N5O4S. The highest BCUT2D eigenvalue weighted by Gasteiger charge is 2.42. The lowest BCUT2D eigenvalue weighted by molar-refractivity contribution is 0.0981. The van der Waals surface area contributed by atoms with E-state index in [1.807, 2.05) is 6.07 Å². The van der Waals surface area contributed by atoms with Crippen molar-refractivity contribution in [3.8, 4) is 0 Å². The quantitative estimate of drug-likeness (QED) is 0.628. The largest absolute Gasteiger partial charge is 0.384 e. The minimum atomic E-state index is -4.19. The molecule has 10 heteroatoms. The lowest BCUT2D eigenvalue weighted by Gasteiger charge is -2.34. The zero-order valence-corrected chi connectivity index (χ0v) is 20.2. The Kier molecular flexibility index (Phi) is 6.09.